The number of nitrogen functional groups attached to an aromatic ring is 1. The number of rotatable bonds is 9. The predicted octanol–water partition coefficient (Wildman–Crippen LogP) is 1.14. The Kier molecular flexibility index (Phi) is 7.96. The van der Waals surface area contributed by atoms with Gasteiger partial charge in [0.2, 0.25) is 11.8 Å². The number of nitrogens with zero attached hydrogens (tertiary/aromatic N) is 2. The SMILES string of the molecule is CCOC(=O)c1cnc(SCC(=O)Nc2oc(C)c(C(=O)OCC)c2C(N)=O)nc1N. The van der Waals surface area contributed by atoms with Crippen LogP contribution in [0.4, 0.5) is 11.7 Å². The summed E-state index contributed by atoms with van der Waals surface area (Å²) in [5, 5.41) is 2.52. The first kappa shape index (κ1) is 23.7. The molecule has 0 fully saturated rings. The molecule has 0 aliphatic carbocycles. The molecule has 0 unspecified atom stereocenters. The van der Waals surface area contributed by atoms with Crippen molar-refractivity contribution in [2.75, 3.05) is 30.0 Å². The number of nitrogens with one attached hydrogen (secondary N) is 1. The third kappa shape index (κ3) is 5.72. The summed E-state index contributed by atoms with van der Waals surface area (Å²) in [5.41, 5.74) is 10.7. The fraction of sp³-hybridized carbons (Fsp3) is 0.333. The van der Waals surface area contributed by atoms with Crippen molar-refractivity contribution in [2.45, 2.75) is 25.9 Å². The van der Waals surface area contributed by atoms with Gasteiger partial charge in [-0.3, -0.25) is 14.9 Å². The van der Waals surface area contributed by atoms with Gasteiger partial charge in [-0.1, -0.05) is 11.8 Å². The van der Waals surface area contributed by atoms with Gasteiger partial charge in [0.25, 0.3) is 5.91 Å². The van der Waals surface area contributed by atoms with Crippen LogP contribution in [0.15, 0.2) is 15.8 Å². The molecular weight excluding hydrogens is 430 g/mol. The van der Waals surface area contributed by atoms with Crippen molar-refractivity contribution in [3.63, 3.8) is 0 Å². The maximum Gasteiger partial charge on any atom is 0.343 e. The van der Waals surface area contributed by atoms with Crippen LogP contribution in [0.2, 0.25) is 0 Å². The van der Waals surface area contributed by atoms with E-state index >= 15 is 0 Å². The number of carbonyl (C=O) groups is 4. The largest absolute Gasteiger partial charge is 0.462 e. The number of nitrogens with two attached hydrogens (primary N) is 2. The summed E-state index contributed by atoms with van der Waals surface area (Å²) >= 11 is 0.920. The molecule has 0 bridgehead atoms. The average Bonchev–Trinajstić information content (AvgIpc) is 3.02. The molecule has 166 valence electrons. The first-order valence-electron chi connectivity index (χ1n) is 9.02. The monoisotopic (exact) mass is 451 g/mol. The molecular formula is C18H21N5O7S. The van der Waals surface area contributed by atoms with Crippen LogP contribution >= 0.6 is 11.8 Å². The first-order valence-corrected chi connectivity index (χ1v) is 10.0. The van der Waals surface area contributed by atoms with Crippen LogP contribution in [-0.4, -0.2) is 52.7 Å². The molecule has 0 saturated heterocycles. The highest BCUT2D eigenvalue weighted by molar-refractivity contribution is 7.99. The summed E-state index contributed by atoms with van der Waals surface area (Å²) in [6.07, 6.45) is 1.20. The highest BCUT2D eigenvalue weighted by Crippen LogP contribution is 2.28. The topological polar surface area (TPSA) is 190 Å². The smallest absolute Gasteiger partial charge is 0.343 e. The molecule has 0 aliphatic rings. The van der Waals surface area contributed by atoms with Gasteiger partial charge >= 0.3 is 11.9 Å². The highest BCUT2D eigenvalue weighted by Gasteiger charge is 2.29. The van der Waals surface area contributed by atoms with E-state index in [0.29, 0.717) is 0 Å². The van der Waals surface area contributed by atoms with E-state index in [9.17, 15) is 19.2 Å². The Bertz CT molecular complexity index is 1020. The van der Waals surface area contributed by atoms with Crippen LogP contribution in [-0.2, 0) is 14.3 Å². The van der Waals surface area contributed by atoms with Gasteiger partial charge in [0.15, 0.2) is 5.16 Å². The second kappa shape index (κ2) is 10.4. The van der Waals surface area contributed by atoms with Gasteiger partial charge in [0.1, 0.15) is 28.3 Å². The summed E-state index contributed by atoms with van der Waals surface area (Å²) in [6, 6.07) is 0. The third-order valence-electron chi connectivity index (χ3n) is 3.69. The summed E-state index contributed by atoms with van der Waals surface area (Å²) in [6.45, 7) is 4.94. The van der Waals surface area contributed by atoms with E-state index in [0.717, 1.165) is 11.8 Å². The minimum absolute atomic E-state index is 0.0132. The van der Waals surface area contributed by atoms with Crippen LogP contribution < -0.4 is 16.8 Å². The number of furan rings is 1. The van der Waals surface area contributed by atoms with Gasteiger partial charge in [-0.05, 0) is 20.8 Å². The van der Waals surface area contributed by atoms with Crippen molar-refractivity contribution in [2.24, 2.45) is 5.73 Å². The standard InChI is InChI=1S/C18H21N5O7S/c1-4-28-16(26)9-6-21-18(23-13(9)19)31-7-10(24)22-15-12(14(20)25)11(8(3)30-15)17(27)29-5-2/h6H,4-5,7H2,1-3H3,(H2,20,25)(H,22,24)(H2,19,21,23). The summed E-state index contributed by atoms with van der Waals surface area (Å²) in [4.78, 5) is 55.8. The Labute approximate surface area is 181 Å². The normalized spacial score (nSPS) is 10.4. The molecule has 0 aliphatic heterocycles. The lowest BCUT2D eigenvalue weighted by atomic mass is 10.1. The van der Waals surface area contributed by atoms with Gasteiger partial charge in [0.05, 0.1) is 19.0 Å². The van der Waals surface area contributed by atoms with E-state index in [1.165, 1.54) is 13.1 Å². The van der Waals surface area contributed by atoms with Gasteiger partial charge < -0.3 is 25.4 Å². The number of amides is 2. The number of primary amides is 1. The summed E-state index contributed by atoms with van der Waals surface area (Å²) in [7, 11) is 0. The number of aromatic nitrogens is 2. The van der Waals surface area contributed by atoms with E-state index < -0.39 is 23.8 Å². The number of hydrogen-bond acceptors (Lipinski definition) is 11. The Hall–Kier alpha value is -3.61. The zero-order valence-electron chi connectivity index (χ0n) is 17.0. The van der Waals surface area contributed by atoms with Crippen molar-refractivity contribution in [3.8, 4) is 0 Å². The molecule has 0 aromatic carbocycles. The molecule has 2 aromatic heterocycles. The Morgan fingerprint density at radius 1 is 1.13 bits per heavy atom. The molecule has 0 saturated carbocycles. The number of hydrogen-bond donors (Lipinski definition) is 3. The molecule has 2 amide bonds. The lowest BCUT2D eigenvalue weighted by Crippen LogP contribution is -2.21. The van der Waals surface area contributed by atoms with Crippen molar-refractivity contribution in [1.29, 1.82) is 0 Å². The van der Waals surface area contributed by atoms with Crippen molar-refractivity contribution >= 4 is 47.2 Å². The van der Waals surface area contributed by atoms with Gasteiger partial charge in [-0.2, -0.15) is 0 Å². The Balaban J connectivity index is 2.11. The lowest BCUT2D eigenvalue weighted by molar-refractivity contribution is -0.113. The summed E-state index contributed by atoms with van der Waals surface area (Å²) in [5.74, 6) is -3.48. The zero-order valence-corrected chi connectivity index (χ0v) is 17.8. The number of anilines is 2. The number of thioether (sulfide) groups is 1. The highest BCUT2D eigenvalue weighted by atomic mass is 32.2. The van der Waals surface area contributed by atoms with Crippen molar-refractivity contribution < 1.29 is 33.1 Å². The maximum absolute atomic E-state index is 12.3. The molecule has 13 heteroatoms. The second-order valence-electron chi connectivity index (χ2n) is 5.83. The fourth-order valence-corrected chi connectivity index (χ4v) is 3.05. The van der Waals surface area contributed by atoms with Crippen LogP contribution in [0, 0.1) is 6.92 Å². The maximum atomic E-state index is 12.3. The van der Waals surface area contributed by atoms with E-state index in [1.54, 1.807) is 13.8 Å². The molecule has 31 heavy (non-hydrogen) atoms. The Morgan fingerprint density at radius 2 is 1.77 bits per heavy atom. The fourth-order valence-electron chi connectivity index (χ4n) is 2.42. The average molecular weight is 451 g/mol. The minimum atomic E-state index is -0.964. The number of carbonyl (C=O) groups excluding carboxylic acids is 4. The van der Waals surface area contributed by atoms with E-state index in [-0.39, 0.29) is 58.3 Å². The lowest BCUT2D eigenvalue weighted by Gasteiger charge is -2.06. The number of ether oxygens (including phenoxy) is 2. The van der Waals surface area contributed by atoms with Gasteiger partial charge in [-0.15, -0.1) is 0 Å². The van der Waals surface area contributed by atoms with Crippen LogP contribution in [0.25, 0.3) is 0 Å². The van der Waals surface area contributed by atoms with Crippen LogP contribution in [0.5, 0.6) is 0 Å². The first-order chi connectivity index (χ1) is 14.7. The molecule has 2 rings (SSSR count). The van der Waals surface area contributed by atoms with Gasteiger partial charge in [-0.25, -0.2) is 19.6 Å². The molecule has 2 aromatic rings. The summed E-state index contributed by atoms with van der Waals surface area (Å²) < 4.78 is 15.1. The van der Waals surface area contributed by atoms with Crippen LogP contribution in [0.3, 0.4) is 0 Å². The number of aryl methyl sites for hydroxylation is 1. The minimum Gasteiger partial charge on any atom is -0.462 e. The van der Waals surface area contributed by atoms with Crippen LogP contribution in [0.1, 0.15) is 50.7 Å². The quantitative estimate of drug-likeness (QED) is 0.281. The molecule has 5 N–H and O–H groups in total. The predicted molar refractivity (Wildman–Crippen MR) is 110 cm³/mol. The van der Waals surface area contributed by atoms with Crippen molar-refractivity contribution in [1.82, 2.24) is 9.97 Å². The second-order valence-corrected chi connectivity index (χ2v) is 6.77. The molecule has 12 nitrogen and oxygen atoms in total. The Morgan fingerprint density at radius 3 is 2.35 bits per heavy atom. The van der Waals surface area contributed by atoms with Gasteiger partial charge in [0, 0.05) is 6.20 Å². The zero-order chi connectivity index (χ0) is 23.1. The third-order valence-corrected chi connectivity index (χ3v) is 4.55. The van der Waals surface area contributed by atoms with E-state index in [4.69, 9.17) is 25.4 Å². The molecule has 2 heterocycles. The van der Waals surface area contributed by atoms with E-state index in [1.807, 2.05) is 0 Å². The molecule has 0 atom stereocenters. The molecule has 0 spiro atoms. The number of esters is 2. The van der Waals surface area contributed by atoms with Crippen molar-refractivity contribution in [3.05, 3.63) is 28.6 Å². The van der Waals surface area contributed by atoms with E-state index in [2.05, 4.69) is 15.3 Å². The molecule has 0 radical (unpaired) electrons.